The summed E-state index contributed by atoms with van der Waals surface area (Å²) in [6.45, 7) is 5.52. The van der Waals surface area contributed by atoms with Crippen molar-refractivity contribution >= 4 is 39.1 Å². The summed E-state index contributed by atoms with van der Waals surface area (Å²) in [5.74, 6) is -0.282. The average Bonchev–Trinajstić information content (AvgIpc) is 2.80. The molecule has 0 spiro atoms. The van der Waals surface area contributed by atoms with Crippen molar-refractivity contribution in [2.75, 3.05) is 18.4 Å². The SMILES string of the molecule is CCC[C@@H]1CCCN(C(=O)C(=O)Nc2ccc3nc(C)sc3c2)CC1. The van der Waals surface area contributed by atoms with Crippen LogP contribution in [0.2, 0.25) is 0 Å². The highest BCUT2D eigenvalue weighted by Crippen LogP contribution is 2.25. The zero-order valence-electron chi connectivity index (χ0n) is 14.9. The zero-order chi connectivity index (χ0) is 17.8. The third kappa shape index (κ3) is 4.37. The minimum absolute atomic E-state index is 0.419. The molecule has 1 aliphatic heterocycles. The van der Waals surface area contributed by atoms with Gasteiger partial charge in [-0.25, -0.2) is 4.98 Å². The number of amides is 2. The van der Waals surface area contributed by atoms with Gasteiger partial charge in [0.2, 0.25) is 0 Å². The molecule has 2 amide bonds. The van der Waals surface area contributed by atoms with Crippen molar-refractivity contribution in [1.29, 1.82) is 0 Å². The van der Waals surface area contributed by atoms with Crippen LogP contribution in [-0.2, 0) is 9.59 Å². The van der Waals surface area contributed by atoms with Gasteiger partial charge in [-0.2, -0.15) is 0 Å². The molecule has 0 aliphatic carbocycles. The van der Waals surface area contributed by atoms with E-state index in [9.17, 15) is 9.59 Å². The molecule has 1 N–H and O–H groups in total. The van der Waals surface area contributed by atoms with Crippen LogP contribution in [0.5, 0.6) is 0 Å². The first-order valence-electron chi connectivity index (χ1n) is 9.04. The number of carbonyl (C=O) groups excluding carboxylic acids is 2. The van der Waals surface area contributed by atoms with Crippen molar-refractivity contribution in [3.63, 3.8) is 0 Å². The molecule has 1 aromatic heterocycles. The van der Waals surface area contributed by atoms with Gasteiger partial charge in [-0.15, -0.1) is 11.3 Å². The Morgan fingerprint density at radius 3 is 2.96 bits per heavy atom. The van der Waals surface area contributed by atoms with Gasteiger partial charge in [0.1, 0.15) is 0 Å². The van der Waals surface area contributed by atoms with Crippen molar-refractivity contribution in [3.05, 3.63) is 23.2 Å². The van der Waals surface area contributed by atoms with Gasteiger partial charge in [0.25, 0.3) is 0 Å². The van der Waals surface area contributed by atoms with Crippen LogP contribution in [0.4, 0.5) is 5.69 Å². The maximum absolute atomic E-state index is 12.5. The van der Waals surface area contributed by atoms with Gasteiger partial charge in [0, 0.05) is 18.8 Å². The van der Waals surface area contributed by atoms with E-state index in [4.69, 9.17) is 0 Å². The fourth-order valence-electron chi connectivity index (χ4n) is 3.51. The maximum Gasteiger partial charge on any atom is 0.313 e. The third-order valence-electron chi connectivity index (χ3n) is 4.78. The second kappa shape index (κ2) is 7.95. The van der Waals surface area contributed by atoms with Crippen LogP contribution < -0.4 is 5.32 Å². The Labute approximate surface area is 152 Å². The minimum atomic E-state index is -0.547. The van der Waals surface area contributed by atoms with Gasteiger partial charge in [0.15, 0.2) is 0 Å². The molecule has 0 bridgehead atoms. The molecule has 1 fully saturated rings. The fraction of sp³-hybridized carbons (Fsp3) is 0.526. The van der Waals surface area contributed by atoms with Crippen LogP contribution in [0.25, 0.3) is 10.2 Å². The molecule has 0 radical (unpaired) electrons. The van der Waals surface area contributed by atoms with Crippen LogP contribution in [0, 0.1) is 12.8 Å². The first-order valence-corrected chi connectivity index (χ1v) is 9.86. The van der Waals surface area contributed by atoms with Crippen LogP contribution in [0.15, 0.2) is 18.2 Å². The van der Waals surface area contributed by atoms with Gasteiger partial charge in [-0.3, -0.25) is 9.59 Å². The molecule has 1 aromatic carbocycles. The number of carbonyl (C=O) groups is 2. The Balaban J connectivity index is 1.62. The Kier molecular flexibility index (Phi) is 5.68. The van der Waals surface area contributed by atoms with Crippen LogP contribution in [0.3, 0.4) is 0 Å². The highest BCUT2D eigenvalue weighted by atomic mass is 32.1. The molecule has 2 heterocycles. The smallest absolute Gasteiger partial charge is 0.313 e. The number of anilines is 1. The molecule has 1 atom stereocenters. The topological polar surface area (TPSA) is 62.3 Å². The van der Waals surface area contributed by atoms with E-state index >= 15 is 0 Å². The van der Waals surface area contributed by atoms with E-state index in [2.05, 4.69) is 17.2 Å². The third-order valence-corrected chi connectivity index (χ3v) is 5.71. The maximum atomic E-state index is 12.5. The van der Waals surface area contributed by atoms with E-state index in [1.54, 1.807) is 22.3 Å². The van der Waals surface area contributed by atoms with Crippen molar-refractivity contribution in [2.24, 2.45) is 5.92 Å². The van der Waals surface area contributed by atoms with E-state index in [0.29, 0.717) is 24.7 Å². The molecule has 0 unspecified atom stereocenters. The number of nitrogens with zero attached hydrogens (tertiary/aromatic N) is 2. The number of hydrogen-bond acceptors (Lipinski definition) is 4. The summed E-state index contributed by atoms with van der Waals surface area (Å²) < 4.78 is 1.01. The summed E-state index contributed by atoms with van der Waals surface area (Å²) in [5, 5.41) is 3.73. The quantitative estimate of drug-likeness (QED) is 0.844. The first kappa shape index (κ1) is 17.9. The monoisotopic (exact) mass is 359 g/mol. The molecule has 1 saturated heterocycles. The summed E-state index contributed by atoms with van der Waals surface area (Å²) >= 11 is 1.58. The van der Waals surface area contributed by atoms with Crippen LogP contribution >= 0.6 is 11.3 Å². The van der Waals surface area contributed by atoms with Gasteiger partial charge in [-0.1, -0.05) is 19.8 Å². The number of likely N-dealkylation sites (tertiary alicyclic amines) is 1. The Morgan fingerprint density at radius 1 is 1.32 bits per heavy atom. The standard InChI is InChI=1S/C19H25N3O2S/c1-3-5-14-6-4-10-22(11-9-14)19(24)18(23)21-15-7-8-16-17(12-15)25-13(2)20-16/h7-8,12,14H,3-6,9-11H2,1-2H3,(H,21,23)/t14-/m1/s1. The number of rotatable bonds is 3. The van der Waals surface area contributed by atoms with E-state index in [1.807, 2.05) is 19.1 Å². The lowest BCUT2D eigenvalue weighted by molar-refractivity contribution is -0.143. The molecule has 25 heavy (non-hydrogen) atoms. The summed E-state index contributed by atoms with van der Waals surface area (Å²) in [6, 6.07) is 5.55. The normalized spacial score (nSPS) is 18.2. The second-order valence-corrected chi connectivity index (χ2v) is 7.98. The molecule has 3 rings (SSSR count). The number of thiazole rings is 1. The number of aromatic nitrogens is 1. The molecule has 6 heteroatoms. The van der Waals surface area contributed by atoms with Crippen molar-refractivity contribution in [3.8, 4) is 0 Å². The summed E-state index contributed by atoms with van der Waals surface area (Å²) in [4.78, 5) is 31.0. The van der Waals surface area contributed by atoms with Crippen LogP contribution in [-0.4, -0.2) is 34.8 Å². The average molecular weight is 359 g/mol. The Hall–Kier alpha value is -1.95. The van der Waals surface area contributed by atoms with E-state index in [-0.39, 0.29) is 0 Å². The van der Waals surface area contributed by atoms with Crippen molar-refractivity contribution in [2.45, 2.75) is 46.0 Å². The predicted molar refractivity (Wildman–Crippen MR) is 102 cm³/mol. The minimum Gasteiger partial charge on any atom is -0.334 e. The highest BCUT2D eigenvalue weighted by Gasteiger charge is 2.25. The summed E-state index contributed by atoms with van der Waals surface area (Å²) in [6.07, 6.45) is 5.52. The number of benzene rings is 1. The van der Waals surface area contributed by atoms with Crippen molar-refractivity contribution in [1.82, 2.24) is 9.88 Å². The lowest BCUT2D eigenvalue weighted by Crippen LogP contribution is -2.40. The second-order valence-electron chi connectivity index (χ2n) is 6.75. The Bertz CT molecular complexity index is 771. The number of hydrogen-bond donors (Lipinski definition) is 1. The van der Waals surface area contributed by atoms with Crippen molar-refractivity contribution < 1.29 is 9.59 Å². The van der Waals surface area contributed by atoms with Gasteiger partial charge >= 0.3 is 11.8 Å². The molecule has 2 aromatic rings. The summed E-state index contributed by atoms with van der Waals surface area (Å²) in [5.41, 5.74) is 1.56. The molecule has 1 aliphatic rings. The number of aryl methyl sites for hydroxylation is 1. The summed E-state index contributed by atoms with van der Waals surface area (Å²) in [7, 11) is 0. The lowest BCUT2D eigenvalue weighted by Gasteiger charge is -2.20. The van der Waals surface area contributed by atoms with Gasteiger partial charge < -0.3 is 10.2 Å². The largest absolute Gasteiger partial charge is 0.334 e. The molecule has 134 valence electrons. The molecular formula is C19H25N3O2S. The lowest BCUT2D eigenvalue weighted by atomic mass is 9.96. The Morgan fingerprint density at radius 2 is 2.16 bits per heavy atom. The van der Waals surface area contributed by atoms with E-state index in [1.165, 1.54) is 12.8 Å². The molecule has 0 saturated carbocycles. The molecular weight excluding hydrogens is 334 g/mol. The fourth-order valence-corrected chi connectivity index (χ4v) is 4.38. The van der Waals surface area contributed by atoms with Gasteiger partial charge in [-0.05, 0) is 50.3 Å². The van der Waals surface area contributed by atoms with Crippen LogP contribution in [0.1, 0.15) is 44.0 Å². The zero-order valence-corrected chi connectivity index (χ0v) is 15.7. The predicted octanol–water partition coefficient (Wildman–Crippen LogP) is 3.97. The highest BCUT2D eigenvalue weighted by molar-refractivity contribution is 7.18. The first-order chi connectivity index (χ1) is 12.1. The molecule has 5 nitrogen and oxygen atoms in total. The number of nitrogens with one attached hydrogen (secondary N) is 1. The van der Waals surface area contributed by atoms with Gasteiger partial charge in [0.05, 0.1) is 15.2 Å². The van der Waals surface area contributed by atoms with E-state index in [0.717, 1.165) is 34.5 Å². The number of fused-ring (bicyclic) bond motifs is 1. The van der Waals surface area contributed by atoms with E-state index < -0.39 is 11.8 Å².